The number of hydrogen-bond acceptors (Lipinski definition) is 3. The number of aromatic nitrogens is 1. The van der Waals surface area contributed by atoms with Gasteiger partial charge in [0.15, 0.2) is 0 Å². The van der Waals surface area contributed by atoms with E-state index in [1.165, 1.54) is 12.3 Å². The fraction of sp³-hybridized carbons (Fsp3) is 0.143. The molecule has 98 valence electrons. The zero-order chi connectivity index (χ0) is 13.8. The van der Waals surface area contributed by atoms with Crippen molar-refractivity contribution in [2.45, 2.75) is 13.5 Å². The van der Waals surface area contributed by atoms with E-state index in [4.69, 9.17) is 21.4 Å². The summed E-state index contributed by atoms with van der Waals surface area (Å²) in [6.07, 6.45) is 1.44. The van der Waals surface area contributed by atoms with E-state index in [9.17, 15) is 4.79 Å². The van der Waals surface area contributed by atoms with Crippen LogP contribution in [0.2, 0.25) is 5.02 Å². The highest BCUT2D eigenvalue weighted by Gasteiger charge is 2.06. The molecule has 5 heteroatoms. The first kappa shape index (κ1) is 13.4. The van der Waals surface area contributed by atoms with Gasteiger partial charge in [0.2, 0.25) is 0 Å². The Balaban J connectivity index is 2.10. The van der Waals surface area contributed by atoms with E-state index in [1.54, 1.807) is 12.1 Å². The molecule has 1 heterocycles. The molecule has 0 amide bonds. The highest BCUT2D eigenvalue weighted by molar-refractivity contribution is 6.32. The average Bonchev–Trinajstić information content (AvgIpc) is 2.38. The third kappa shape index (κ3) is 3.45. The van der Waals surface area contributed by atoms with Gasteiger partial charge in [0, 0.05) is 6.20 Å². The summed E-state index contributed by atoms with van der Waals surface area (Å²) >= 11 is 6.05. The largest absolute Gasteiger partial charge is 0.487 e. The number of halogens is 1. The van der Waals surface area contributed by atoms with Crippen molar-refractivity contribution in [1.29, 1.82) is 0 Å². The van der Waals surface area contributed by atoms with Crippen LogP contribution in [-0.2, 0) is 6.61 Å². The second-order valence-electron chi connectivity index (χ2n) is 4.08. The summed E-state index contributed by atoms with van der Waals surface area (Å²) in [7, 11) is 0. The number of nitrogens with zero attached hydrogens (tertiary/aromatic N) is 1. The van der Waals surface area contributed by atoms with Gasteiger partial charge in [0.1, 0.15) is 18.1 Å². The van der Waals surface area contributed by atoms with Crippen molar-refractivity contribution >= 4 is 17.6 Å². The monoisotopic (exact) mass is 277 g/mol. The minimum absolute atomic E-state index is 0.00361. The van der Waals surface area contributed by atoms with E-state index in [2.05, 4.69) is 4.98 Å². The van der Waals surface area contributed by atoms with Gasteiger partial charge >= 0.3 is 5.97 Å². The smallest absolute Gasteiger partial charge is 0.354 e. The van der Waals surface area contributed by atoms with Gasteiger partial charge in [-0.2, -0.15) is 0 Å². The summed E-state index contributed by atoms with van der Waals surface area (Å²) in [6.45, 7) is 2.18. The second-order valence-corrected chi connectivity index (χ2v) is 4.48. The van der Waals surface area contributed by atoms with E-state index in [1.807, 2.05) is 19.1 Å². The van der Waals surface area contributed by atoms with E-state index >= 15 is 0 Å². The molecule has 1 aromatic heterocycles. The molecule has 0 fully saturated rings. The molecule has 0 radical (unpaired) electrons. The number of benzene rings is 1. The van der Waals surface area contributed by atoms with Crippen molar-refractivity contribution < 1.29 is 14.6 Å². The van der Waals surface area contributed by atoms with E-state index in [-0.39, 0.29) is 12.3 Å². The maximum atomic E-state index is 10.8. The van der Waals surface area contributed by atoms with Crippen LogP contribution < -0.4 is 4.74 Å². The maximum Gasteiger partial charge on any atom is 0.354 e. The van der Waals surface area contributed by atoms with Crippen molar-refractivity contribution in [3.05, 3.63) is 58.4 Å². The van der Waals surface area contributed by atoms with Crippen LogP contribution in [-0.4, -0.2) is 16.1 Å². The van der Waals surface area contributed by atoms with Crippen LogP contribution in [0.5, 0.6) is 5.75 Å². The first-order valence-corrected chi connectivity index (χ1v) is 6.01. The summed E-state index contributed by atoms with van der Waals surface area (Å²) in [6, 6.07) is 8.68. The molecule has 0 bridgehead atoms. The van der Waals surface area contributed by atoms with Crippen LogP contribution in [0, 0.1) is 6.92 Å². The number of hydrogen-bond donors (Lipinski definition) is 1. The lowest BCUT2D eigenvalue weighted by molar-refractivity contribution is 0.0690. The molecule has 0 aliphatic carbocycles. The van der Waals surface area contributed by atoms with E-state index < -0.39 is 5.97 Å². The molecule has 0 saturated heterocycles. The van der Waals surface area contributed by atoms with Crippen LogP contribution in [0.3, 0.4) is 0 Å². The normalized spacial score (nSPS) is 10.2. The van der Waals surface area contributed by atoms with Crippen LogP contribution in [0.25, 0.3) is 0 Å². The molecule has 1 aromatic carbocycles. The molecule has 1 N–H and O–H groups in total. The lowest BCUT2D eigenvalue weighted by Crippen LogP contribution is -2.03. The van der Waals surface area contributed by atoms with Gasteiger partial charge in [-0.15, -0.1) is 0 Å². The van der Waals surface area contributed by atoms with Crippen molar-refractivity contribution in [3.63, 3.8) is 0 Å². The molecule has 0 atom stereocenters. The number of carbonyl (C=O) groups is 1. The van der Waals surface area contributed by atoms with Crippen molar-refractivity contribution in [2.24, 2.45) is 0 Å². The zero-order valence-electron chi connectivity index (χ0n) is 10.3. The molecular weight excluding hydrogens is 266 g/mol. The number of rotatable bonds is 4. The predicted molar refractivity (Wildman–Crippen MR) is 71.7 cm³/mol. The van der Waals surface area contributed by atoms with E-state index in [0.717, 1.165) is 11.1 Å². The number of carboxylic acids is 1. The van der Waals surface area contributed by atoms with Crippen LogP contribution >= 0.6 is 11.6 Å². The van der Waals surface area contributed by atoms with Crippen molar-refractivity contribution in [1.82, 2.24) is 4.98 Å². The van der Waals surface area contributed by atoms with Gasteiger partial charge in [-0.25, -0.2) is 9.78 Å². The molecule has 2 aromatic rings. The van der Waals surface area contributed by atoms with Gasteiger partial charge in [0.25, 0.3) is 0 Å². The number of carboxylic acid groups (broad SMARTS) is 1. The minimum Gasteiger partial charge on any atom is -0.487 e. The Morgan fingerprint density at radius 3 is 2.84 bits per heavy atom. The Bertz CT molecular complexity index is 613. The topological polar surface area (TPSA) is 59.4 Å². The summed E-state index contributed by atoms with van der Waals surface area (Å²) in [5.41, 5.74) is 1.77. The van der Waals surface area contributed by atoms with Gasteiger partial charge in [0.05, 0.1) is 5.02 Å². The first-order valence-electron chi connectivity index (χ1n) is 5.63. The molecular formula is C14H12ClNO3. The molecule has 19 heavy (non-hydrogen) atoms. The summed E-state index contributed by atoms with van der Waals surface area (Å²) < 4.78 is 5.56. The Kier molecular flexibility index (Phi) is 4.02. The van der Waals surface area contributed by atoms with Crippen LogP contribution in [0.15, 0.2) is 36.5 Å². The second kappa shape index (κ2) is 5.71. The van der Waals surface area contributed by atoms with Crippen LogP contribution in [0.4, 0.5) is 0 Å². The fourth-order valence-corrected chi connectivity index (χ4v) is 1.85. The minimum atomic E-state index is -1.06. The Hall–Kier alpha value is -2.07. The van der Waals surface area contributed by atoms with Gasteiger partial charge in [-0.05, 0) is 42.3 Å². The fourth-order valence-electron chi connectivity index (χ4n) is 1.57. The standard InChI is InChI=1S/C14H12ClNO3/c1-9-2-3-13(11(15)6-9)19-8-10-4-5-16-12(7-10)14(17)18/h2-7H,8H2,1H3,(H,17,18). The Morgan fingerprint density at radius 1 is 1.37 bits per heavy atom. The number of aromatic carboxylic acids is 1. The van der Waals surface area contributed by atoms with Gasteiger partial charge in [-0.1, -0.05) is 17.7 Å². The molecule has 0 aliphatic heterocycles. The maximum absolute atomic E-state index is 10.8. The summed E-state index contributed by atoms with van der Waals surface area (Å²) in [5.74, 6) is -0.490. The average molecular weight is 278 g/mol. The SMILES string of the molecule is Cc1ccc(OCc2ccnc(C(=O)O)c2)c(Cl)c1. The van der Waals surface area contributed by atoms with Gasteiger partial charge in [-0.3, -0.25) is 0 Å². The van der Waals surface area contributed by atoms with Crippen molar-refractivity contribution in [3.8, 4) is 5.75 Å². The predicted octanol–water partition coefficient (Wildman–Crippen LogP) is 3.32. The Morgan fingerprint density at radius 2 is 2.16 bits per heavy atom. The molecule has 2 rings (SSSR count). The van der Waals surface area contributed by atoms with Crippen LogP contribution in [0.1, 0.15) is 21.6 Å². The molecule has 0 aliphatic rings. The third-order valence-electron chi connectivity index (χ3n) is 2.53. The summed E-state index contributed by atoms with van der Waals surface area (Å²) in [5, 5.41) is 9.38. The van der Waals surface area contributed by atoms with Gasteiger partial charge < -0.3 is 9.84 Å². The number of pyridine rings is 1. The van der Waals surface area contributed by atoms with Crippen molar-refractivity contribution in [2.75, 3.05) is 0 Å². The Labute approximate surface area is 115 Å². The quantitative estimate of drug-likeness (QED) is 0.931. The molecule has 0 spiro atoms. The highest BCUT2D eigenvalue weighted by atomic mass is 35.5. The first-order chi connectivity index (χ1) is 9.06. The molecule has 0 unspecified atom stereocenters. The molecule has 0 saturated carbocycles. The summed E-state index contributed by atoms with van der Waals surface area (Å²) in [4.78, 5) is 14.5. The number of aryl methyl sites for hydroxylation is 1. The zero-order valence-corrected chi connectivity index (χ0v) is 11.0. The lowest BCUT2D eigenvalue weighted by Gasteiger charge is -2.08. The lowest BCUT2D eigenvalue weighted by atomic mass is 10.2. The number of ether oxygens (including phenoxy) is 1. The highest BCUT2D eigenvalue weighted by Crippen LogP contribution is 2.25. The molecule has 4 nitrogen and oxygen atoms in total. The third-order valence-corrected chi connectivity index (χ3v) is 2.82. The van der Waals surface area contributed by atoms with E-state index in [0.29, 0.717) is 10.8 Å².